The average molecular weight is 617 g/mol. The molecule has 9 heteroatoms. The van der Waals surface area contributed by atoms with Gasteiger partial charge in [-0.2, -0.15) is 10.2 Å². The quantitative estimate of drug-likeness (QED) is 0.197. The van der Waals surface area contributed by atoms with Crippen molar-refractivity contribution in [2.24, 2.45) is 28.0 Å². The number of hydrogen-bond acceptors (Lipinski definition) is 7. The van der Waals surface area contributed by atoms with Crippen LogP contribution in [0.4, 0.5) is 11.4 Å². The maximum atomic E-state index is 12.8. The third-order valence-electron chi connectivity index (χ3n) is 9.75. The molecule has 4 rings (SSSR count). The van der Waals surface area contributed by atoms with Crippen molar-refractivity contribution in [3.8, 4) is 0 Å². The van der Waals surface area contributed by atoms with Gasteiger partial charge in [-0.3, -0.25) is 9.59 Å². The molecule has 2 fully saturated rings. The summed E-state index contributed by atoms with van der Waals surface area (Å²) in [5.41, 5.74) is 9.68. The maximum Gasteiger partial charge on any atom is 0.243 e. The van der Waals surface area contributed by atoms with Gasteiger partial charge in [-0.1, -0.05) is 24.3 Å². The molecule has 2 aliphatic carbocycles. The lowest BCUT2D eigenvalue weighted by Crippen LogP contribution is -2.41. The van der Waals surface area contributed by atoms with E-state index >= 15 is 0 Å². The summed E-state index contributed by atoms with van der Waals surface area (Å²) in [6, 6.07) is 16.9. The van der Waals surface area contributed by atoms with Gasteiger partial charge in [0.05, 0.1) is 18.5 Å². The van der Waals surface area contributed by atoms with Crippen molar-refractivity contribution in [2.75, 3.05) is 29.4 Å². The number of nitrogens with zero attached hydrogens (tertiary/aromatic N) is 4. The predicted octanol–water partition coefficient (Wildman–Crippen LogP) is 5.71. The standard InChI is InChI=1S/C36H52N6O3/c1-5-41(6-2)32-18-8-27(9-19-32)24-37-39-35(44)30-14-12-29(13-15-30)26(4)42(7-3)33-20-10-28(11-21-33)25-38-40-36(45)31-16-22-34(43)23-17-31/h8-11,18-21,24-26,29-31,34,43H,5-7,12-17,22-23H2,1-4H3,(H,39,44)(H,40,45)/b37-24+,38-25+. The molecule has 0 radical (unpaired) electrons. The minimum atomic E-state index is -0.277. The van der Waals surface area contributed by atoms with Crippen molar-refractivity contribution in [1.82, 2.24) is 10.9 Å². The van der Waals surface area contributed by atoms with E-state index in [-0.39, 0.29) is 29.8 Å². The number of hydrazone groups is 2. The maximum absolute atomic E-state index is 12.8. The van der Waals surface area contributed by atoms with Gasteiger partial charge in [-0.05, 0) is 120 Å². The second kappa shape index (κ2) is 17.1. The first-order valence-electron chi connectivity index (χ1n) is 16.9. The Balaban J connectivity index is 1.21. The highest BCUT2D eigenvalue weighted by Crippen LogP contribution is 2.34. The van der Waals surface area contributed by atoms with Crippen LogP contribution in [0.2, 0.25) is 0 Å². The van der Waals surface area contributed by atoms with Crippen molar-refractivity contribution in [3.05, 3.63) is 59.7 Å². The fourth-order valence-electron chi connectivity index (χ4n) is 6.80. The minimum Gasteiger partial charge on any atom is -0.393 e. The molecule has 0 bridgehead atoms. The summed E-state index contributed by atoms with van der Waals surface area (Å²) in [6.07, 6.45) is 9.65. The fraction of sp³-hybridized carbons (Fsp3) is 0.556. The molecule has 2 aromatic carbocycles. The molecule has 0 aliphatic heterocycles. The summed E-state index contributed by atoms with van der Waals surface area (Å²) >= 11 is 0. The molecule has 2 aromatic rings. The summed E-state index contributed by atoms with van der Waals surface area (Å²) in [4.78, 5) is 29.9. The number of aliphatic hydroxyl groups is 1. The van der Waals surface area contributed by atoms with Crippen molar-refractivity contribution in [2.45, 2.75) is 91.2 Å². The van der Waals surface area contributed by atoms with Gasteiger partial charge in [-0.25, -0.2) is 10.9 Å². The number of carbonyl (C=O) groups is 2. The number of hydrogen-bond donors (Lipinski definition) is 3. The summed E-state index contributed by atoms with van der Waals surface area (Å²) in [5, 5.41) is 18.1. The number of benzene rings is 2. The zero-order chi connectivity index (χ0) is 32.2. The first kappa shape index (κ1) is 34.2. The molecule has 9 nitrogen and oxygen atoms in total. The second-order valence-electron chi connectivity index (χ2n) is 12.5. The van der Waals surface area contributed by atoms with Crippen LogP contribution in [0.15, 0.2) is 58.7 Å². The van der Waals surface area contributed by atoms with Crippen LogP contribution in [0.25, 0.3) is 0 Å². The topological polar surface area (TPSA) is 110 Å². The normalized spacial score (nSPS) is 22.7. The summed E-state index contributed by atoms with van der Waals surface area (Å²) in [6.45, 7) is 11.6. The third kappa shape index (κ3) is 9.63. The Labute approximate surface area is 269 Å². The molecular weight excluding hydrogens is 564 g/mol. The van der Waals surface area contributed by atoms with Crippen LogP contribution in [0.5, 0.6) is 0 Å². The highest BCUT2D eigenvalue weighted by atomic mass is 16.3. The van der Waals surface area contributed by atoms with Crippen LogP contribution < -0.4 is 20.7 Å². The molecule has 0 saturated heterocycles. The highest BCUT2D eigenvalue weighted by Gasteiger charge is 2.31. The number of amides is 2. The van der Waals surface area contributed by atoms with E-state index < -0.39 is 0 Å². The Morgan fingerprint density at radius 3 is 1.62 bits per heavy atom. The largest absolute Gasteiger partial charge is 0.393 e. The Bertz CT molecular complexity index is 1260. The lowest BCUT2D eigenvalue weighted by atomic mass is 9.78. The molecule has 1 atom stereocenters. The molecule has 244 valence electrons. The molecule has 0 heterocycles. The minimum absolute atomic E-state index is 0.00510. The van der Waals surface area contributed by atoms with Crippen LogP contribution in [0.3, 0.4) is 0 Å². The van der Waals surface area contributed by atoms with E-state index in [4.69, 9.17) is 0 Å². The van der Waals surface area contributed by atoms with Gasteiger partial charge in [-0.15, -0.1) is 0 Å². The summed E-state index contributed by atoms with van der Waals surface area (Å²) < 4.78 is 0. The Morgan fingerprint density at radius 2 is 1.18 bits per heavy atom. The molecule has 0 spiro atoms. The van der Waals surface area contributed by atoms with E-state index in [9.17, 15) is 14.7 Å². The summed E-state index contributed by atoms with van der Waals surface area (Å²) in [7, 11) is 0. The zero-order valence-corrected chi connectivity index (χ0v) is 27.5. The van der Waals surface area contributed by atoms with Crippen molar-refractivity contribution < 1.29 is 14.7 Å². The molecule has 2 aliphatic rings. The monoisotopic (exact) mass is 616 g/mol. The van der Waals surface area contributed by atoms with E-state index in [0.29, 0.717) is 37.6 Å². The van der Waals surface area contributed by atoms with Gasteiger partial charge in [0.15, 0.2) is 0 Å². The smallest absolute Gasteiger partial charge is 0.243 e. The van der Waals surface area contributed by atoms with E-state index in [0.717, 1.165) is 62.1 Å². The van der Waals surface area contributed by atoms with Crippen molar-refractivity contribution >= 4 is 35.6 Å². The van der Waals surface area contributed by atoms with Gasteiger partial charge < -0.3 is 14.9 Å². The van der Waals surface area contributed by atoms with Crippen LogP contribution in [-0.2, 0) is 9.59 Å². The molecular formula is C36H52N6O3. The first-order valence-corrected chi connectivity index (χ1v) is 16.9. The first-order chi connectivity index (χ1) is 21.8. The Kier molecular flexibility index (Phi) is 13.0. The fourth-order valence-corrected chi connectivity index (χ4v) is 6.80. The van der Waals surface area contributed by atoms with Gasteiger partial charge in [0.1, 0.15) is 0 Å². The predicted molar refractivity (Wildman–Crippen MR) is 184 cm³/mol. The van der Waals surface area contributed by atoms with Crippen molar-refractivity contribution in [3.63, 3.8) is 0 Å². The third-order valence-corrected chi connectivity index (χ3v) is 9.75. The van der Waals surface area contributed by atoms with Gasteiger partial charge in [0, 0.05) is 48.9 Å². The molecule has 2 saturated carbocycles. The summed E-state index contributed by atoms with van der Waals surface area (Å²) in [5.74, 6) is 0.373. The Morgan fingerprint density at radius 1 is 0.733 bits per heavy atom. The lowest BCUT2D eigenvalue weighted by molar-refractivity contribution is -0.127. The van der Waals surface area contributed by atoms with E-state index in [1.165, 1.54) is 5.69 Å². The van der Waals surface area contributed by atoms with Crippen LogP contribution in [0.1, 0.15) is 90.2 Å². The second-order valence-corrected chi connectivity index (χ2v) is 12.5. The number of anilines is 2. The molecule has 2 amide bonds. The Hall–Kier alpha value is -3.72. The zero-order valence-electron chi connectivity index (χ0n) is 27.5. The van der Waals surface area contributed by atoms with E-state index in [2.05, 4.69) is 82.8 Å². The van der Waals surface area contributed by atoms with Crippen LogP contribution in [-0.4, -0.2) is 61.1 Å². The highest BCUT2D eigenvalue weighted by molar-refractivity contribution is 5.84. The molecule has 45 heavy (non-hydrogen) atoms. The molecule has 3 N–H and O–H groups in total. The number of aliphatic hydroxyl groups excluding tert-OH is 1. The average Bonchev–Trinajstić information content (AvgIpc) is 3.07. The van der Waals surface area contributed by atoms with Crippen molar-refractivity contribution in [1.29, 1.82) is 0 Å². The van der Waals surface area contributed by atoms with Gasteiger partial charge >= 0.3 is 0 Å². The van der Waals surface area contributed by atoms with Gasteiger partial charge in [0.25, 0.3) is 0 Å². The number of nitrogens with one attached hydrogen (secondary N) is 2. The molecule has 1 unspecified atom stereocenters. The van der Waals surface area contributed by atoms with Crippen LogP contribution >= 0.6 is 0 Å². The molecule has 0 aromatic heterocycles. The van der Waals surface area contributed by atoms with Gasteiger partial charge in [0.2, 0.25) is 11.8 Å². The van der Waals surface area contributed by atoms with E-state index in [1.54, 1.807) is 12.4 Å². The number of carbonyl (C=O) groups excluding carboxylic acids is 2. The number of rotatable bonds is 13. The lowest BCUT2D eigenvalue weighted by Gasteiger charge is -2.39. The SMILES string of the molecule is CCN(CC)c1ccc(/C=N/NC(=O)C2CCC(C(C)N(CC)c3ccc(/C=N/NC(=O)C4CCC(O)CC4)cc3)CC2)cc1. The van der Waals surface area contributed by atoms with Crippen LogP contribution in [0, 0.1) is 17.8 Å². The van der Waals surface area contributed by atoms with E-state index in [1.807, 2.05) is 24.3 Å².